The van der Waals surface area contributed by atoms with Crippen molar-refractivity contribution in [2.75, 3.05) is 6.61 Å². The van der Waals surface area contributed by atoms with Crippen molar-refractivity contribution >= 4 is 5.91 Å². The fourth-order valence-corrected chi connectivity index (χ4v) is 2.86. The Kier molecular flexibility index (Phi) is 7.13. The molecule has 0 spiro atoms. The Morgan fingerprint density at radius 1 is 1.07 bits per heavy atom. The summed E-state index contributed by atoms with van der Waals surface area (Å²) in [6, 6.07) is 15.6. The van der Waals surface area contributed by atoms with Crippen LogP contribution in [-0.4, -0.2) is 22.5 Å². The van der Waals surface area contributed by atoms with Crippen molar-refractivity contribution in [2.24, 2.45) is 0 Å². The Balaban J connectivity index is 1.51. The van der Waals surface area contributed by atoms with Crippen LogP contribution < -0.4 is 10.1 Å². The van der Waals surface area contributed by atoms with Gasteiger partial charge in [0, 0.05) is 37.1 Å². The Hall–Kier alpha value is -3.21. The molecule has 0 saturated heterocycles. The van der Waals surface area contributed by atoms with E-state index < -0.39 is 0 Å². The van der Waals surface area contributed by atoms with Gasteiger partial charge in [-0.25, -0.2) is 0 Å². The maximum atomic E-state index is 12.3. The molecule has 2 heterocycles. The van der Waals surface area contributed by atoms with Crippen molar-refractivity contribution in [3.05, 3.63) is 78.2 Å². The van der Waals surface area contributed by atoms with Gasteiger partial charge in [0.1, 0.15) is 5.75 Å². The largest absolute Gasteiger partial charge is 0.494 e. The first kappa shape index (κ1) is 19.5. The Labute approximate surface area is 165 Å². The van der Waals surface area contributed by atoms with Gasteiger partial charge in [0.2, 0.25) is 5.91 Å². The molecule has 0 radical (unpaired) electrons. The van der Waals surface area contributed by atoms with Crippen molar-refractivity contribution in [2.45, 2.75) is 32.7 Å². The zero-order valence-corrected chi connectivity index (χ0v) is 16.1. The molecular formula is C23H25N3O2. The average Bonchev–Trinajstić information content (AvgIpc) is 2.76. The number of benzene rings is 1. The van der Waals surface area contributed by atoms with E-state index in [0.29, 0.717) is 19.4 Å². The number of amides is 1. The van der Waals surface area contributed by atoms with Gasteiger partial charge in [-0.2, -0.15) is 0 Å². The maximum Gasteiger partial charge on any atom is 0.220 e. The van der Waals surface area contributed by atoms with E-state index in [1.165, 1.54) is 0 Å². The second-order valence-electron chi connectivity index (χ2n) is 6.52. The highest BCUT2D eigenvalue weighted by molar-refractivity contribution is 5.76. The average molecular weight is 375 g/mol. The molecule has 0 saturated carbocycles. The fraction of sp³-hybridized carbons (Fsp3) is 0.261. The van der Waals surface area contributed by atoms with Gasteiger partial charge in [0.05, 0.1) is 12.3 Å². The van der Waals surface area contributed by atoms with Crippen LogP contribution in [0.4, 0.5) is 0 Å². The minimum atomic E-state index is 0.0206. The smallest absolute Gasteiger partial charge is 0.220 e. The lowest BCUT2D eigenvalue weighted by atomic mass is 10.1. The number of rotatable bonds is 9. The van der Waals surface area contributed by atoms with Crippen LogP contribution in [-0.2, 0) is 17.8 Å². The Bertz CT molecular complexity index is 880. The van der Waals surface area contributed by atoms with Crippen LogP contribution in [0.2, 0.25) is 0 Å². The predicted octanol–water partition coefficient (Wildman–Crippen LogP) is 4.18. The summed E-state index contributed by atoms with van der Waals surface area (Å²) >= 11 is 0. The minimum Gasteiger partial charge on any atom is -0.494 e. The third-order valence-corrected chi connectivity index (χ3v) is 4.34. The lowest BCUT2D eigenvalue weighted by Gasteiger charge is -2.10. The van der Waals surface area contributed by atoms with Crippen molar-refractivity contribution in [1.29, 1.82) is 0 Å². The molecule has 5 heteroatoms. The van der Waals surface area contributed by atoms with Crippen LogP contribution in [0.1, 0.15) is 30.9 Å². The topological polar surface area (TPSA) is 64.1 Å². The number of nitrogens with zero attached hydrogens (tertiary/aromatic N) is 2. The van der Waals surface area contributed by atoms with E-state index in [9.17, 15) is 4.79 Å². The highest BCUT2D eigenvalue weighted by Gasteiger charge is 2.08. The minimum absolute atomic E-state index is 0.0206. The van der Waals surface area contributed by atoms with Gasteiger partial charge in [0.15, 0.2) is 0 Å². The van der Waals surface area contributed by atoms with Gasteiger partial charge in [-0.1, -0.05) is 25.1 Å². The summed E-state index contributed by atoms with van der Waals surface area (Å²) in [6.45, 7) is 3.25. The standard InChI is InChI=1S/C23H25N3O2/c1-2-15-28-21-10-7-18(8-11-21)9-12-22(27)26-17-20-6-4-14-25-23(20)19-5-3-13-24-16-19/h3-8,10-11,13-14,16H,2,9,12,15,17H2,1H3,(H,26,27). The van der Waals surface area contributed by atoms with Crippen molar-refractivity contribution in [3.8, 4) is 17.0 Å². The highest BCUT2D eigenvalue weighted by Crippen LogP contribution is 2.20. The first-order valence-corrected chi connectivity index (χ1v) is 9.59. The molecule has 144 valence electrons. The molecule has 0 aliphatic heterocycles. The van der Waals surface area contributed by atoms with Crippen LogP contribution in [0.25, 0.3) is 11.3 Å². The Morgan fingerprint density at radius 3 is 2.64 bits per heavy atom. The van der Waals surface area contributed by atoms with Crippen LogP contribution in [0, 0.1) is 0 Å². The zero-order chi connectivity index (χ0) is 19.6. The van der Waals surface area contributed by atoms with Gasteiger partial charge in [-0.3, -0.25) is 14.8 Å². The molecular weight excluding hydrogens is 350 g/mol. The summed E-state index contributed by atoms with van der Waals surface area (Å²) in [5, 5.41) is 2.99. The molecule has 0 bridgehead atoms. The van der Waals surface area contributed by atoms with Crippen LogP contribution in [0.15, 0.2) is 67.1 Å². The summed E-state index contributed by atoms with van der Waals surface area (Å²) in [5.41, 5.74) is 3.88. The van der Waals surface area contributed by atoms with E-state index >= 15 is 0 Å². The second kappa shape index (κ2) is 10.2. The lowest BCUT2D eigenvalue weighted by Crippen LogP contribution is -2.23. The predicted molar refractivity (Wildman–Crippen MR) is 110 cm³/mol. The third kappa shape index (κ3) is 5.64. The molecule has 0 atom stereocenters. The molecule has 1 aromatic carbocycles. The molecule has 5 nitrogen and oxygen atoms in total. The van der Waals surface area contributed by atoms with E-state index in [0.717, 1.165) is 41.2 Å². The van der Waals surface area contributed by atoms with E-state index in [2.05, 4.69) is 22.2 Å². The number of hydrogen-bond acceptors (Lipinski definition) is 4. The lowest BCUT2D eigenvalue weighted by molar-refractivity contribution is -0.121. The Morgan fingerprint density at radius 2 is 1.89 bits per heavy atom. The third-order valence-electron chi connectivity index (χ3n) is 4.34. The number of aromatic nitrogens is 2. The van der Waals surface area contributed by atoms with Gasteiger partial charge >= 0.3 is 0 Å². The number of hydrogen-bond donors (Lipinski definition) is 1. The number of ether oxygens (including phenoxy) is 1. The van der Waals surface area contributed by atoms with Crippen molar-refractivity contribution in [1.82, 2.24) is 15.3 Å². The van der Waals surface area contributed by atoms with Crippen LogP contribution >= 0.6 is 0 Å². The molecule has 0 aliphatic carbocycles. The molecule has 1 amide bonds. The van der Waals surface area contributed by atoms with Crippen LogP contribution in [0.5, 0.6) is 5.75 Å². The number of pyridine rings is 2. The molecule has 2 aromatic heterocycles. The summed E-state index contributed by atoms with van der Waals surface area (Å²) < 4.78 is 5.58. The molecule has 3 aromatic rings. The SMILES string of the molecule is CCCOc1ccc(CCC(=O)NCc2cccnc2-c2cccnc2)cc1. The van der Waals surface area contributed by atoms with Gasteiger partial charge in [-0.05, 0) is 54.3 Å². The maximum absolute atomic E-state index is 12.3. The van der Waals surface area contributed by atoms with Gasteiger partial charge < -0.3 is 10.1 Å². The first-order valence-electron chi connectivity index (χ1n) is 9.59. The number of aryl methyl sites for hydroxylation is 1. The molecule has 0 unspecified atom stereocenters. The van der Waals surface area contributed by atoms with Crippen LogP contribution in [0.3, 0.4) is 0 Å². The van der Waals surface area contributed by atoms with Gasteiger partial charge in [0.25, 0.3) is 0 Å². The van der Waals surface area contributed by atoms with E-state index in [1.807, 2.05) is 48.5 Å². The summed E-state index contributed by atoms with van der Waals surface area (Å²) in [6.07, 6.45) is 7.39. The van der Waals surface area contributed by atoms with E-state index in [4.69, 9.17) is 4.74 Å². The molecule has 0 aliphatic rings. The quantitative estimate of drug-likeness (QED) is 0.609. The zero-order valence-electron chi connectivity index (χ0n) is 16.1. The number of carbonyl (C=O) groups is 1. The normalized spacial score (nSPS) is 10.5. The molecule has 3 rings (SSSR count). The second-order valence-corrected chi connectivity index (χ2v) is 6.52. The molecule has 0 fully saturated rings. The monoisotopic (exact) mass is 375 g/mol. The number of carbonyl (C=O) groups excluding carboxylic acids is 1. The summed E-state index contributed by atoms with van der Waals surface area (Å²) in [4.78, 5) is 20.9. The number of nitrogens with one attached hydrogen (secondary N) is 1. The van der Waals surface area contributed by atoms with Crippen molar-refractivity contribution < 1.29 is 9.53 Å². The molecule has 1 N–H and O–H groups in total. The van der Waals surface area contributed by atoms with E-state index in [-0.39, 0.29) is 5.91 Å². The fourth-order valence-electron chi connectivity index (χ4n) is 2.86. The van der Waals surface area contributed by atoms with E-state index in [1.54, 1.807) is 18.6 Å². The molecule has 28 heavy (non-hydrogen) atoms. The van der Waals surface area contributed by atoms with Crippen molar-refractivity contribution in [3.63, 3.8) is 0 Å². The highest BCUT2D eigenvalue weighted by atomic mass is 16.5. The van der Waals surface area contributed by atoms with Gasteiger partial charge in [-0.15, -0.1) is 0 Å². The summed E-state index contributed by atoms with van der Waals surface area (Å²) in [7, 11) is 0. The first-order chi connectivity index (χ1) is 13.8. The summed E-state index contributed by atoms with van der Waals surface area (Å²) in [5.74, 6) is 0.891.